The molecule has 0 radical (unpaired) electrons. The van der Waals surface area contributed by atoms with Crippen molar-refractivity contribution in [1.82, 2.24) is 0 Å². The monoisotopic (exact) mass is 258 g/mol. The van der Waals surface area contributed by atoms with Gasteiger partial charge in [-0.05, 0) is 12.8 Å². The number of carbonyl (C=O) groups is 1. The second-order valence-corrected chi connectivity index (χ2v) is 3.91. The number of carbonyl (C=O) groups excluding carboxylic acids is 1. The highest BCUT2D eigenvalue weighted by Gasteiger charge is 2.41. The molecule has 3 nitrogen and oxygen atoms in total. The summed E-state index contributed by atoms with van der Waals surface area (Å²) in [7, 11) is 0. The van der Waals surface area contributed by atoms with Gasteiger partial charge >= 0.3 is 12.3 Å². The lowest BCUT2D eigenvalue weighted by Crippen LogP contribution is -2.34. The molecule has 0 aromatic carbocycles. The van der Waals surface area contributed by atoms with E-state index < -0.39 is 25.6 Å². The molecule has 7 heteroatoms. The van der Waals surface area contributed by atoms with Crippen LogP contribution in [0.2, 0.25) is 0 Å². The van der Waals surface area contributed by atoms with E-state index in [2.05, 4.69) is 4.74 Å². The van der Waals surface area contributed by atoms with Crippen LogP contribution >= 0.6 is 0 Å². The van der Waals surface area contributed by atoms with Gasteiger partial charge in [-0.2, -0.15) is 8.78 Å². The maximum absolute atomic E-state index is 12.4. The maximum Gasteiger partial charge on any atom is 0.330 e. The predicted octanol–water partition coefficient (Wildman–Crippen LogP) is 1.90. The first-order valence-corrected chi connectivity index (χ1v) is 5.27. The summed E-state index contributed by atoms with van der Waals surface area (Å²) in [5.41, 5.74) is 0. The van der Waals surface area contributed by atoms with Crippen molar-refractivity contribution in [2.24, 2.45) is 5.92 Å². The van der Waals surface area contributed by atoms with Gasteiger partial charge in [0.2, 0.25) is 0 Å². The van der Waals surface area contributed by atoms with Gasteiger partial charge in [0, 0.05) is 19.1 Å². The number of ketones is 1. The molecule has 100 valence electrons. The Morgan fingerprint density at radius 2 is 1.94 bits per heavy atom. The molecule has 0 atom stereocenters. The zero-order valence-electron chi connectivity index (χ0n) is 9.13. The van der Waals surface area contributed by atoms with E-state index in [0.717, 1.165) is 0 Å². The molecule has 0 aromatic heterocycles. The number of rotatable bonds is 6. The Morgan fingerprint density at radius 3 is 2.47 bits per heavy atom. The first-order chi connectivity index (χ1) is 7.93. The number of Topliss-reactive ketones (excluding diaryl/α,β-unsaturated/α-hetero) is 1. The molecule has 0 N–H and O–H groups in total. The van der Waals surface area contributed by atoms with Gasteiger partial charge < -0.3 is 9.47 Å². The van der Waals surface area contributed by atoms with E-state index >= 15 is 0 Å². The Hall–Kier alpha value is -0.690. The van der Waals surface area contributed by atoms with Crippen LogP contribution in [-0.2, 0) is 14.3 Å². The van der Waals surface area contributed by atoms with Crippen LogP contribution in [0.25, 0.3) is 0 Å². The summed E-state index contributed by atoms with van der Waals surface area (Å²) in [6.07, 6.45) is -2.73. The van der Waals surface area contributed by atoms with Crippen LogP contribution in [0.1, 0.15) is 12.8 Å². The average Bonchev–Trinajstić information content (AvgIpc) is 2.29. The standard InChI is InChI=1S/C10H14F4O3/c11-9(12)10(13,14)6-17-5-8(15)7-1-3-16-4-2-7/h7,9H,1-6H2. The molecule has 0 aromatic rings. The van der Waals surface area contributed by atoms with Gasteiger partial charge in [0.1, 0.15) is 13.2 Å². The summed E-state index contributed by atoms with van der Waals surface area (Å²) in [5.74, 6) is -4.81. The Kier molecular flexibility index (Phi) is 5.32. The third-order valence-corrected chi connectivity index (χ3v) is 2.53. The third kappa shape index (κ3) is 4.59. The Morgan fingerprint density at radius 1 is 1.35 bits per heavy atom. The first kappa shape index (κ1) is 14.4. The topological polar surface area (TPSA) is 35.5 Å². The van der Waals surface area contributed by atoms with E-state index in [4.69, 9.17) is 4.74 Å². The zero-order chi connectivity index (χ0) is 12.9. The predicted molar refractivity (Wildman–Crippen MR) is 50.3 cm³/mol. The SMILES string of the molecule is O=C(COCC(F)(F)C(F)F)C1CCOCC1. The molecule has 1 saturated heterocycles. The number of alkyl halides is 4. The molecule has 0 amide bonds. The minimum absolute atomic E-state index is 0.274. The molecule has 17 heavy (non-hydrogen) atoms. The van der Waals surface area contributed by atoms with E-state index in [9.17, 15) is 22.4 Å². The minimum atomic E-state index is -4.20. The summed E-state index contributed by atoms with van der Waals surface area (Å²) in [5, 5.41) is 0. The molecule has 0 spiro atoms. The number of hydrogen-bond donors (Lipinski definition) is 0. The van der Waals surface area contributed by atoms with Crippen LogP contribution in [0.15, 0.2) is 0 Å². The van der Waals surface area contributed by atoms with Crippen molar-refractivity contribution in [2.75, 3.05) is 26.4 Å². The van der Waals surface area contributed by atoms with Crippen LogP contribution < -0.4 is 0 Å². The molecule has 0 aliphatic carbocycles. The summed E-state index contributed by atoms with van der Waals surface area (Å²) >= 11 is 0. The number of hydrogen-bond acceptors (Lipinski definition) is 3. The van der Waals surface area contributed by atoms with Crippen molar-refractivity contribution in [1.29, 1.82) is 0 Å². The fourth-order valence-electron chi connectivity index (χ4n) is 1.49. The van der Waals surface area contributed by atoms with Gasteiger partial charge in [0.25, 0.3) is 0 Å². The van der Waals surface area contributed by atoms with Gasteiger partial charge in [0.05, 0.1) is 0 Å². The van der Waals surface area contributed by atoms with Gasteiger partial charge in [-0.1, -0.05) is 0 Å². The van der Waals surface area contributed by atoms with Crippen molar-refractivity contribution in [3.8, 4) is 0 Å². The summed E-state index contributed by atoms with van der Waals surface area (Å²) in [4.78, 5) is 11.4. The molecular formula is C10H14F4O3. The number of halogens is 4. The Labute approximate surface area is 96.1 Å². The molecule has 1 heterocycles. The van der Waals surface area contributed by atoms with Crippen LogP contribution in [0.4, 0.5) is 17.6 Å². The van der Waals surface area contributed by atoms with E-state index in [-0.39, 0.29) is 11.7 Å². The molecule has 1 aliphatic rings. The molecule has 1 aliphatic heterocycles. The van der Waals surface area contributed by atoms with Gasteiger partial charge in [-0.3, -0.25) is 4.79 Å². The summed E-state index contributed by atoms with van der Waals surface area (Å²) < 4.78 is 57.8. The van der Waals surface area contributed by atoms with Crippen molar-refractivity contribution >= 4 is 5.78 Å². The van der Waals surface area contributed by atoms with E-state index in [1.165, 1.54) is 0 Å². The maximum atomic E-state index is 12.4. The lowest BCUT2D eigenvalue weighted by molar-refractivity contribution is -0.169. The van der Waals surface area contributed by atoms with Crippen molar-refractivity contribution in [3.63, 3.8) is 0 Å². The first-order valence-electron chi connectivity index (χ1n) is 5.27. The Balaban J connectivity index is 2.24. The van der Waals surface area contributed by atoms with Crippen LogP contribution in [0.5, 0.6) is 0 Å². The fraction of sp³-hybridized carbons (Fsp3) is 0.900. The van der Waals surface area contributed by atoms with Crippen molar-refractivity contribution < 1.29 is 31.8 Å². The smallest absolute Gasteiger partial charge is 0.330 e. The molecule has 0 saturated carbocycles. The Bertz CT molecular complexity index is 252. The highest BCUT2D eigenvalue weighted by atomic mass is 19.3. The molecule has 0 unspecified atom stereocenters. The lowest BCUT2D eigenvalue weighted by atomic mass is 9.96. The zero-order valence-corrected chi connectivity index (χ0v) is 9.13. The van der Waals surface area contributed by atoms with Crippen molar-refractivity contribution in [3.05, 3.63) is 0 Å². The second kappa shape index (κ2) is 6.30. The van der Waals surface area contributed by atoms with Crippen LogP contribution in [0.3, 0.4) is 0 Å². The van der Waals surface area contributed by atoms with Crippen molar-refractivity contribution in [2.45, 2.75) is 25.2 Å². The van der Waals surface area contributed by atoms with Crippen LogP contribution in [0, 0.1) is 5.92 Å². The second-order valence-electron chi connectivity index (χ2n) is 3.91. The van der Waals surface area contributed by atoms with Gasteiger partial charge in [-0.15, -0.1) is 0 Å². The number of ether oxygens (including phenoxy) is 2. The van der Waals surface area contributed by atoms with Crippen LogP contribution in [-0.4, -0.2) is 44.6 Å². The quantitative estimate of drug-likeness (QED) is 0.682. The molecule has 0 bridgehead atoms. The van der Waals surface area contributed by atoms with Gasteiger partial charge in [0.15, 0.2) is 5.78 Å². The minimum Gasteiger partial charge on any atom is -0.381 e. The molecule has 1 fully saturated rings. The summed E-state index contributed by atoms with van der Waals surface area (Å²) in [6.45, 7) is -1.08. The molecular weight excluding hydrogens is 244 g/mol. The highest BCUT2D eigenvalue weighted by Crippen LogP contribution is 2.23. The van der Waals surface area contributed by atoms with E-state index in [1.54, 1.807) is 0 Å². The van der Waals surface area contributed by atoms with E-state index in [1.807, 2.05) is 0 Å². The average molecular weight is 258 g/mol. The normalized spacial score (nSPS) is 18.6. The lowest BCUT2D eigenvalue weighted by Gasteiger charge is -2.21. The van der Waals surface area contributed by atoms with Gasteiger partial charge in [-0.25, -0.2) is 8.78 Å². The fourth-order valence-corrected chi connectivity index (χ4v) is 1.49. The summed E-state index contributed by atoms with van der Waals surface area (Å²) in [6, 6.07) is 0. The third-order valence-electron chi connectivity index (χ3n) is 2.53. The van der Waals surface area contributed by atoms with E-state index in [0.29, 0.717) is 26.1 Å². The largest absolute Gasteiger partial charge is 0.381 e. The highest BCUT2D eigenvalue weighted by molar-refractivity contribution is 5.82. The molecule has 1 rings (SSSR count).